The minimum atomic E-state index is -0.322. The molecule has 2 fully saturated rings. The smallest absolute Gasteiger partial charge is 0.256 e. The summed E-state index contributed by atoms with van der Waals surface area (Å²) in [7, 11) is 3.04. The van der Waals surface area contributed by atoms with E-state index in [1.807, 2.05) is 45.0 Å². The summed E-state index contributed by atoms with van der Waals surface area (Å²) in [6.45, 7) is 16.8. The Labute approximate surface area is 472 Å². The molecule has 2 saturated heterocycles. The molecule has 8 heterocycles. The summed E-state index contributed by atoms with van der Waals surface area (Å²) in [6, 6.07) is 28.3. The molecular formula is C64H73N11O6. The Morgan fingerprint density at radius 3 is 1.90 bits per heavy atom. The van der Waals surface area contributed by atoms with E-state index in [9.17, 15) is 24.4 Å². The largest absolute Gasteiger partial charge is 0.496 e. The van der Waals surface area contributed by atoms with Gasteiger partial charge >= 0.3 is 0 Å². The molecule has 0 aliphatic carbocycles. The molecule has 0 spiro atoms. The molecule has 0 saturated carbocycles. The number of para-hydroxylation sites is 1. The van der Waals surface area contributed by atoms with Crippen molar-refractivity contribution in [2.24, 2.45) is 11.8 Å². The first-order valence-electron chi connectivity index (χ1n) is 28.2. The van der Waals surface area contributed by atoms with Crippen LogP contribution in [0, 0.1) is 57.8 Å². The number of aromatic amines is 2. The molecule has 2 aromatic carbocycles. The third-order valence-corrected chi connectivity index (χ3v) is 17.1. The maximum atomic E-state index is 15.0. The number of ether oxygens (including phenoxy) is 2. The van der Waals surface area contributed by atoms with Gasteiger partial charge in [-0.2, -0.15) is 5.26 Å². The minimum Gasteiger partial charge on any atom is -0.496 e. The van der Waals surface area contributed by atoms with E-state index >= 15 is 0 Å². The van der Waals surface area contributed by atoms with Gasteiger partial charge in [-0.25, -0.2) is 0 Å². The molecule has 2 atom stereocenters. The van der Waals surface area contributed by atoms with Crippen molar-refractivity contribution in [2.75, 3.05) is 40.4 Å². The third-order valence-electron chi connectivity index (χ3n) is 17.1. The number of hydrogen-bond donors (Lipinski definition) is 4. The van der Waals surface area contributed by atoms with Crippen molar-refractivity contribution >= 4 is 33.6 Å². The van der Waals surface area contributed by atoms with Gasteiger partial charge in [-0.1, -0.05) is 30.3 Å². The fourth-order valence-electron chi connectivity index (χ4n) is 12.9. The number of nitrogens with zero attached hydrogens (tertiary/aromatic N) is 7. The van der Waals surface area contributed by atoms with Crippen molar-refractivity contribution in [1.29, 1.82) is 5.26 Å². The fourth-order valence-corrected chi connectivity index (χ4v) is 12.9. The molecule has 81 heavy (non-hydrogen) atoms. The van der Waals surface area contributed by atoms with Crippen LogP contribution in [0.3, 0.4) is 0 Å². The van der Waals surface area contributed by atoms with Crippen LogP contribution in [-0.2, 0) is 32.6 Å². The van der Waals surface area contributed by atoms with E-state index in [-0.39, 0.29) is 54.0 Å². The van der Waals surface area contributed by atoms with Gasteiger partial charge in [0.25, 0.3) is 22.9 Å². The summed E-state index contributed by atoms with van der Waals surface area (Å²) in [4.78, 5) is 75.8. The first-order valence-corrected chi connectivity index (χ1v) is 28.2. The van der Waals surface area contributed by atoms with Crippen molar-refractivity contribution in [1.82, 2.24) is 49.5 Å². The molecule has 420 valence electrons. The van der Waals surface area contributed by atoms with Crippen molar-refractivity contribution in [2.45, 2.75) is 112 Å². The molecule has 0 unspecified atom stereocenters. The number of methoxy groups -OCH3 is 2. The molecule has 2 aliphatic heterocycles. The van der Waals surface area contributed by atoms with Crippen LogP contribution in [0.1, 0.15) is 127 Å². The highest BCUT2D eigenvalue weighted by molar-refractivity contribution is 6.09. The Morgan fingerprint density at radius 2 is 1.28 bits per heavy atom. The van der Waals surface area contributed by atoms with Gasteiger partial charge in [0.2, 0.25) is 0 Å². The summed E-state index contributed by atoms with van der Waals surface area (Å²) >= 11 is 0. The van der Waals surface area contributed by atoms with E-state index in [0.29, 0.717) is 69.6 Å². The van der Waals surface area contributed by atoms with Gasteiger partial charge < -0.3 is 39.2 Å². The van der Waals surface area contributed by atoms with E-state index in [0.717, 1.165) is 114 Å². The first kappa shape index (κ1) is 56.0. The molecule has 4 N–H and O–H groups in total. The molecule has 17 heteroatoms. The molecule has 0 radical (unpaired) electrons. The maximum absolute atomic E-state index is 15.0. The number of aromatic nitrogens is 6. The second-order valence-corrected chi connectivity index (χ2v) is 22.2. The number of benzene rings is 2. The SMILES string of the molecule is COc1cc(C)[nH]c(=O)c1CNC(=O)c1c(C)n([C@H](C)C2CCN(Cc3cccc(C)n3)CC2)c2ccc(C[C@H](C3CCN(Cc4cnccc4C#N)CC3)n3c(C)c(C(=O)NCc4c(OC)cc(C)[nH]c4=O)c4ccccc43)cc12. The Balaban J connectivity index is 1.02. The van der Waals surface area contributed by atoms with Crippen LogP contribution in [0.2, 0.25) is 0 Å². The van der Waals surface area contributed by atoms with Crippen molar-refractivity contribution in [3.8, 4) is 17.6 Å². The van der Waals surface area contributed by atoms with Gasteiger partial charge in [0, 0.05) is 93.4 Å². The van der Waals surface area contributed by atoms with Crippen LogP contribution in [0.4, 0.5) is 0 Å². The van der Waals surface area contributed by atoms with E-state index in [1.54, 1.807) is 44.4 Å². The number of H-pyrrole nitrogens is 2. The average molecular weight is 1090 g/mol. The van der Waals surface area contributed by atoms with Crippen molar-refractivity contribution in [3.05, 3.63) is 185 Å². The summed E-state index contributed by atoms with van der Waals surface area (Å²) in [6.07, 6.45) is 7.71. The summed E-state index contributed by atoms with van der Waals surface area (Å²) < 4.78 is 15.9. The van der Waals surface area contributed by atoms with Crippen LogP contribution >= 0.6 is 0 Å². The van der Waals surface area contributed by atoms with Crippen LogP contribution in [0.15, 0.2) is 101 Å². The average Bonchev–Trinajstić information content (AvgIpc) is 4.03. The lowest BCUT2D eigenvalue weighted by atomic mass is 9.85. The van der Waals surface area contributed by atoms with Crippen LogP contribution in [0.25, 0.3) is 21.8 Å². The Kier molecular flexibility index (Phi) is 16.7. The number of piperidine rings is 2. The van der Waals surface area contributed by atoms with Gasteiger partial charge in [-0.05, 0) is 166 Å². The lowest BCUT2D eigenvalue weighted by Gasteiger charge is -2.38. The van der Waals surface area contributed by atoms with E-state index in [4.69, 9.17) is 14.5 Å². The van der Waals surface area contributed by atoms with E-state index in [2.05, 4.69) is 93.9 Å². The second-order valence-electron chi connectivity index (χ2n) is 22.2. The van der Waals surface area contributed by atoms with Gasteiger partial charge in [-0.15, -0.1) is 0 Å². The summed E-state index contributed by atoms with van der Waals surface area (Å²) in [5.74, 6) is 0.738. The Bertz CT molecular complexity index is 3810. The number of hydrogen-bond acceptors (Lipinski definition) is 11. The summed E-state index contributed by atoms with van der Waals surface area (Å²) in [5, 5.41) is 17.7. The molecule has 2 aliphatic rings. The molecule has 2 amide bonds. The number of likely N-dealkylation sites (tertiary alicyclic amines) is 2. The highest BCUT2D eigenvalue weighted by Crippen LogP contribution is 2.41. The van der Waals surface area contributed by atoms with Crippen molar-refractivity contribution < 1.29 is 19.1 Å². The van der Waals surface area contributed by atoms with E-state index < -0.39 is 0 Å². The predicted octanol–water partition coefficient (Wildman–Crippen LogP) is 9.22. The van der Waals surface area contributed by atoms with Gasteiger partial charge in [0.15, 0.2) is 0 Å². The number of nitrogens with one attached hydrogen (secondary N) is 4. The highest BCUT2D eigenvalue weighted by atomic mass is 16.5. The quantitative estimate of drug-likeness (QED) is 0.0637. The molecule has 8 aromatic rings. The zero-order valence-corrected chi connectivity index (χ0v) is 47.7. The minimum absolute atomic E-state index is 0.0302. The van der Waals surface area contributed by atoms with Crippen LogP contribution < -0.4 is 31.2 Å². The Morgan fingerprint density at radius 1 is 0.704 bits per heavy atom. The van der Waals surface area contributed by atoms with Crippen LogP contribution in [-0.4, -0.2) is 91.1 Å². The standard InChI is InChI=1S/C64H73N11O6/c1-38-12-11-13-49(69-38)37-73-24-19-45(20-25-73)41(4)74-42(5)60(64(79)68-35-53-58(81-8)29-40(3)71-62(53)77)51-30-44(16-17-55(51)74)31-56(46-21-26-72(27-22-46)36-48-33-66-23-18-47(48)32-65)75-43(6)59(50-14-9-10-15-54(50)75)63(78)67-34-52-57(80-7)28-39(2)70-61(52)76/h9-18,23,28-30,33,41,45-46,56H,19-22,24-27,31,34-37H2,1-8H3,(H,67,78)(H,68,79)(H,70,76)(H,71,77)/t41-,56-/m1/s1. The Hall–Kier alpha value is -8.33. The highest BCUT2D eigenvalue weighted by Gasteiger charge is 2.34. The third kappa shape index (κ3) is 11.7. The number of rotatable bonds is 18. The normalized spacial score (nSPS) is 15.4. The monoisotopic (exact) mass is 1090 g/mol. The number of aryl methyl sites for hydroxylation is 3. The zero-order valence-electron chi connectivity index (χ0n) is 47.7. The number of nitriles is 1. The lowest BCUT2D eigenvalue weighted by molar-refractivity contribution is 0.0942. The van der Waals surface area contributed by atoms with Crippen LogP contribution in [0.5, 0.6) is 11.5 Å². The molecule has 6 aromatic heterocycles. The topological polar surface area (TPSA) is 208 Å². The summed E-state index contributed by atoms with van der Waals surface area (Å²) in [5.41, 5.74) is 10.6. The molecular weight excluding hydrogens is 1020 g/mol. The zero-order chi connectivity index (χ0) is 57.1. The number of amides is 2. The van der Waals surface area contributed by atoms with Gasteiger partial charge in [0.1, 0.15) is 11.5 Å². The second kappa shape index (κ2) is 24.2. The van der Waals surface area contributed by atoms with Crippen molar-refractivity contribution in [3.63, 3.8) is 0 Å². The number of pyridine rings is 4. The number of fused-ring (bicyclic) bond motifs is 2. The maximum Gasteiger partial charge on any atom is 0.256 e. The molecule has 17 nitrogen and oxygen atoms in total. The molecule has 0 bridgehead atoms. The number of carbonyl (C=O) groups excluding carboxylic acids is 2. The predicted molar refractivity (Wildman–Crippen MR) is 314 cm³/mol. The van der Waals surface area contributed by atoms with E-state index in [1.165, 1.54) is 14.2 Å². The van der Waals surface area contributed by atoms with Gasteiger partial charge in [-0.3, -0.25) is 38.9 Å². The van der Waals surface area contributed by atoms with Gasteiger partial charge in [0.05, 0.1) is 66.9 Å². The lowest BCUT2D eigenvalue weighted by Crippen LogP contribution is -2.37. The number of carbonyl (C=O) groups is 2. The fraction of sp³-hybridized carbons (Fsp3) is 0.391. The molecule has 10 rings (SSSR count). The first-order chi connectivity index (χ1) is 39.1.